The molecule has 0 aliphatic rings. The number of nitrogens with one attached hydrogen (secondary N) is 2. The van der Waals surface area contributed by atoms with E-state index in [-0.39, 0.29) is 29.4 Å². The third-order valence-electron chi connectivity index (χ3n) is 4.53. The summed E-state index contributed by atoms with van der Waals surface area (Å²) >= 11 is 1.72. The zero-order valence-corrected chi connectivity index (χ0v) is 22.7. The first-order chi connectivity index (χ1) is 14.3. The van der Waals surface area contributed by atoms with Gasteiger partial charge in [-0.25, -0.2) is 4.98 Å². The third-order valence-corrected chi connectivity index (χ3v) is 5.44. The zero-order chi connectivity index (χ0) is 22.0. The van der Waals surface area contributed by atoms with Gasteiger partial charge in [-0.3, -0.25) is 4.99 Å². The highest BCUT2D eigenvalue weighted by Crippen LogP contribution is 2.24. The van der Waals surface area contributed by atoms with Gasteiger partial charge in [-0.05, 0) is 25.5 Å². The maximum atomic E-state index is 5.92. The summed E-state index contributed by atoms with van der Waals surface area (Å²) in [6, 6.07) is 6.25. The quantitative estimate of drug-likeness (QED) is 0.191. The molecule has 8 heteroatoms. The Morgan fingerprint density at radius 3 is 2.61 bits per heavy atom. The van der Waals surface area contributed by atoms with E-state index in [1.165, 1.54) is 5.56 Å². The predicted octanol–water partition coefficient (Wildman–Crippen LogP) is 4.69. The van der Waals surface area contributed by atoms with E-state index in [1.54, 1.807) is 18.4 Å². The standard InChI is InChI=1S/C23H36N4O2S.HI/c1-7-28-12-13-29-19-14-17(2)8-9-18(19)15-26-22(24-6)25-11-10-21-27-20(16-30-21)23(3,4)5;/h8-9,14,16H,7,10-13,15H2,1-6H3,(H2,24,25,26);1H. The maximum Gasteiger partial charge on any atom is 0.191 e. The second-order valence-electron chi connectivity index (χ2n) is 8.14. The van der Waals surface area contributed by atoms with Crippen LogP contribution in [-0.4, -0.2) is 44.4 Å². The van der Waals surface area contributed by atoms with Crippen molar-refractivity contribution < 1.29 is 9.47 Å². The van der Waals surface area contributed by atoms with Crippen molar-refractivity contribution in [3.63, 3.8) is 0 Å². The molecule has 0 radical (unpaired) electrons. The molecule has 0 amide bonds. The molecule has 0 saturated carbocycles. The molecule has 0 spiro atoms. The molecule has 2 N–H and O–H groups in total. The van der Waals surface area contributed by atoms with Gasteiger partial charge in [-0.2, -0.15) is 0 Å². The van der Waals surface area contributed by atoms with Crippen LogP contribution in [0.15, 0.2) is 28.6 Å². The zero-order valence-electron chi connectivity index (χ0n) is 19.6. The first-order valence-electron chi connectivity index (χ1n) is 10.5. The van der Waals surface area contributed by atoms with E-state index < -0.39 is 0 Å². The predicted molar refractivity (Wildman–Crippen MR) is 141 cm³/mol. The number of hydrogen-bond donors (Lipinski definition) is 2. The van der Waals surface area contributed by atoms with E-state index in [4.69, 9.17) is 14.5 Å². The van der Waals surface area contributed by atoms with Gasteiger partial charge in [0.05, 0.1) is 17.3 Å². The summed E-state index contributed by atoms with van der Waals surface area (Å²) in [4.78, 5) is 9.08. The molecule has 0 unspecified atom stereocenters. The fraction of sp³-hybridized carbons (Fsp3) is 0.565. The molecule has 0 bridgehead atoms. The van der Waals surface area contributed by atoms with Crippen molar-refractivity contribution in [2.45, 2.75) is 53.0 Å². The fourth-order valence-corrected chi connectivity index (χ4v) is 3.78. The molecule has 0 aliphatic carbocycles. The van der Waals surface area contributed by atoms with Crippen LogP contribution in [0.1, 0.15) is 49.5 Å². The molecule has 31 heavy (non-hydrogen) atoms. The number of benzene rings is 1. The number of hydrogen-bond acceptors (Lipinski definition) is 5. The van der Waals surface area contributed by atoms with Gasteiger partial charge < -0.3 is 20.1 Å². The van der Waals surface area contributed by atoms with Gasteiger partial charge >= 0.3 is 0 Å². The van der Waals surface area contributed by atoms with Crippen LogP contribution in [0.25, 0.3) is 0 Å². The van der Waals surface area contributed by atoms with Crippen LogP contribution in [0, 0.1) is 6.92 Å². The van der Waals surface area contributed by atoms with Gasteiger partial charge in [-0.1, -0.05) is 32.9 Å². The van der Waals surface area contributed by atoms with Gasteiger partial charge in [0, 0.05) is 49.5 Å². The first kappa shape index (κ1) is 27.6. The van der Waals surface area contributed by atoms with Crippen molar-refractivity contribution in [3.05, 3.63) is 45.4 Å². The topological polar surface area (TPSA) is 67.8 Å². The molecule has 0 saturated heterocycles. The van der Waals surface area contributed by atoms with E-state index in [9.17, 15) is 0 Å². The molecule has 1 heterocycles. The van der Waals surface area contributed by atoms with E-state index in [0.29, 0.717) is 26.4 Å². The maximum absolute atomic E-state index is 5.92. The van der Waals surface area contributed by atoms with Crippen LogP contribution in [0.2, 0.25) is 0 Å². The number of ether oxygens (including phenoxy) is 2. The minimum atomic E-state index is 0. The van der Waals surface area contributed by atoms with Crippen LogP contribution in [0.4, 0.5) is 0 Å². The molecule has 2 rings (SSSR count). The van der Waals surface area contributed by atoms with Gasteiger partial charge in [0.1, 0.15) is 12.4 Å². The number of aliphatic imine (C=N–C) groups is 1. The van der Waals surface area contributed by atoms with Gasteiger partial charge in [0.15, 0.2) is 5.96 Å². The fourth-order valence-electron chi connectivity index (χ4n) is 2.75. The van der Waals surface area contributed by atoms with Crippen LogP contribution >= 0.6 is 35.3 Å². The van der Waals surface area contributed by atoms with E-state index in [1.807, 2.05) is 6.92 Å². The van der Waals surface area contributed by atoms with Crippen molar-refractivity contribution in [3.8, 4) is 5.75 Å². The highest BCUT2D eigenvalue weighted by atomic mass is 127. The number of rotatable bonds is 10. The molecule has 2 aromatic rings. The lowest BCUT2D eigenvalue weighted by Crippen LogP contribution is -2.38. The Morgan fingerprint density at radius 2 is 1.97 bits per heavy atom. The molecule has 6 nitrogen and oxygen atoms in total. The van der Waals surface area contributed by atoms with Crippen LogP contribution in [0.5, 0.6) is 5.75 Å². The van der Waals surface area contributed by atoms with Crippen LogP contribution < -0.4 is 15.4 Å². The summed E-state index contributed by atoms with van der Waals surface area (Å²) in [5, 5.41) is 10.0. The van der Waals surface area contributed by atoms with E-state index in [2.05, 4.69) is 66.9 Å². The molecular formula is C23H37IN4O2S. The molecule has 1 aromatic heterocycles. The number of aryl methyl sites for hydroxylation is 1. The second kappa shape index (κ2) is 13.9. The number of aromatic nitrogens is 1. The highest BCUT2D eigenvalue weighted by molar-refractivity contribution is 14.0. The summed E-state index contributed by atoms with van der Waals surface area (Å²) in [6.45, 7) is 13.9. The summed E-state index contributed by atoms with van der Waals surface area (Å²) < 4.78 is 11.3. The Balaban J connectivity index is 0.00000480. The average Bonchev–Trinajstić information content (AvgIpc) is 3.18. The monoisotopic (exact) mass is 560 g/mol. The smallest absolute Gasteiger partial charge is 0.191 e. The Labute approximate surface area is 208 Å². The lowest BCUT2D eigenvalue weighted by Gasteiger charge is -2.15. The summed E-state index contributed by atoms with van der Waals surface area (Å²) in [6.07, 6.45) is 0.873. The normalized spacial score (nSPS) is 11.7. The number of nitrogens with zero attached hydrogens (tertiary/aromatic N) is 2. The Kier molecular flexibility index (Phi) is 12.4. The van der Waals surface area contributed by atoms with Gasteiger partial charge in [0.2, 0.25) is 0 Å². The van der Waals surface area contributed by atoms with Crippen molar-refractivity contribution >= 4 is 41.3 Å². The first-order valence-corrected chi connectivity index (χ1v) is 11.4. The lowest BCUT2D eigenvalue weighted by molar-refractivity contribution is 0.110. The largest absolute Gasteiger partial charge is 0.491 e. The number of guanidine groups is 1. The summed E-state index contributed by atoms with van der Waals surface area (Å²) in [5.74, 6) is 1.65. The van der Waals surface area contributed by atoms with Crippen LogP contribution in [-0.2, 0) is 23.1 Å². The van der Waals surface area contributed by atoms with Crippen molar-refractivity contribution in [1.82, 2.24) is 15.6 Å². The average molecular weight is 561 g/mol. The molecule has 0 atom stereocenters. The summed E-state index contributed by atoms with van der Waals surface area (Å²) in [5.41, 5.74) is 3.51. The number of thiazole rings is 1. The number of halogens is 1. The van der Waals surface area contributed by atoms with E-state index >= 15 is 0 Å². The molecular weight excluding hydrogens is 523 g/mol. The SMILES string of the molecule is CCOCCOc1cc(C)ccc1CNC(=NC)NCCc1nc(C(C)(C)C)cs1.I. The highest BCUT2D eigenvalue weighted by Gasteiger charge is 2.17. The Bertz CT molecular complexity index is 818. The minimum Gasteiger partial charge on any atom is -0.491 e. The van der Waals surface area contributed by atoms with Gasteiger partial charge in [-0.15, -0.1) is 35.3 Å². The van der Waals surface area contributed by atoms with E-state index in [0.717, 1.165) is 40.9 Å². The molecule has 0 aliphatic heterocycles. The molecule has 0 fully saturated rings. The van der Waals surface area contributed by atoms with Crippen LogP contribution in [0.3, 0.4) is 0 Å². The molecule has 1 aromatic carbocycles. The summed E-state index contributed by atoms with van der Waals surface area (Å²) in [7, 11) is 1.78. The lowest BCUT2D eigenvalue weighted by atomic mass is 9.93. The molecule has 174 valence electrons. The second-order valence-corrected chi connectivity index (χ2v) is 9.08. The van der Waals surface area contributed by atoms with Gasteiger partial charge in [0.25, 0.3) is 0 Å². The Morgan fingerprint density at radius 1 is 1.19 bits per heavy atom. The van der Waals surface area contributed by atoms with Crippen molar-refractivity contribution in [1.29, 1.82) is 0 Å². The third kappa shape index (κ3) is 9.74. The Hall–Kier alpha value is -1.39. The van der Waals surface area contributed by atoms with Crippen molar-refractivity contribution in [2.24, 2.45) is 4.99 Å². The minimum absolute atomic E-state index is 0. The van der Waals surface area contributed by atoms with Crippen molar-refractivity contribution in [2.75, 3.05) is 33.4 Å².